The second-order valence-electron chi connectivity index (χ2n) is 3.86. The quantitative estimate of drug-likeness (QED) is 0.866. The lowest BCUT2D eigenvalue weighted by atomic mass is 10.2. The number of rotatable bonds is 4. The van der Waals surface area contributed by atoms with E-state index in [-0.39, 0.29) is 6.61 Å². The predicted octanol–water partition coefficient (Wildman–Crippen LogP) is 3.21. The number of benzene rings is 1. The van der Waals surface area contributed by atoms with Crippen molar-refractivity contribution in [3.8, 4) is 0 Å². The van der Waals surface area contributed by atoms with E-state index in [2.05, 4.69) is 28.1 Å². The van der Waals surface area contributed by atoms with Crippen LogP contribution in [0.1, 0.15) is 18.4 Å². The first-order chi connectivity index (χ1) is 7.79. The summed E-state index contributed by atoms with van der Waals surface area (Å²) in [5, 5.41) is 9.06. The lowest BCUT2D eigenvalue weighted by Crippen LogP contribution is -2.07. The molecule has 1 aromatic carbocycles. The minimum Gasteiger partial charge on any atom is -0.392 e. The van der Waals surface area contributed by atoms with Crippen molar-refractivity contribution in [2.45, 2.75) is 30.4 Å². The zero-order valence-electron chi connectivity index (χ0n) is 8.99. The van der Waals surface area contributed by atoms with Crippen molar-refractivity contribution in [2.75, 3.05) is 12.4 Å². The van der Waals surface area contributed by atoms with Gasteiger partial charge in [0.1, 0.15) is 0 Å². The van der Waals surface area contributed by atoms with Gasteiger partial charge in [-0.2, -0.15) is 0 Å². The molecule has 2 nitrogen and oxygen atoms in total. The summed E-state index contributed by atoms with van der Waals surface area (Å²) >= 11 is 5.27. The molecule has 1 unspecified atom stereocenters. The van der Waals surface area contributed by atoms with Crippen molar-refractivity contribution in [2.24, 2.45) is 0 Å². The fourth-order valence-electron chi connectivity index (χ4n) is 1.71. The third-order valence-corrected chi connectivity index (χ3v) is 4.52. The number of halogens is 1. The van der Waals surface area contributed by atoms with Crippen LogP contribution in [0.3, 0.4) is 0 Å². The van der Waals surface area contributed by atoms with Crippen LogP contribution in [0.25, 0.3) is 0 Å². The standard InChI is InChI=1S/C12H15BrO2S/c13-12-6-11(4-3-9(12)7-14)16-8-10-2-1-5-15-10/h3-4,6,10,14H,1-2,5,7-8H2. The fraction of sp³-hybridized carbons (Fsp3) is 0.500. The van der Waals surface area contributed by atoms with E-state index in [1.165, 1.54) is 17.7 Å². The lowest BCUT2D eigenvalue weighted by Gasteiger charge is -2.09. The molecule has 1 atom stereocenters. The Balaban J connectivity index is 1.91. The second-order valence-corrected chi connectivity index (χ2v) is 5.81. The van der Waals surface area contributed by atoms with Crippen molar-refractivity contribution in [1.82, 2.24) is 0 Å². The maximum absolute atomic E-state index is 9.06. The van der Waals surface area contributed by atoms with Gasteiger partial charge >= 0.3 is 0 Å². The van der Waals surface area contributed by atoms with Crippen LogP contribution in [0.15, 0.2) is 27.6 Å². The van der Waals surface area contributed by atoms with Crippen LogP contribution in [0, 0.1) is 0 Å². The highest BCUT2D eigenvalue weighted by Gasteiger charge is 2.15. The van der Waals surface area contributed by atoms with Crippen LogP contribution in [0.4, 0.5) is 0 Å². The van der Waals surface area contributed by atoms with Crippen LogP contribution in [0.5, 0.6) is 0 Å². The van der Waals surface area contributed by atoms with Gasteiger partial charge in [0.25, 0.3) is 0 Å². The number of aliphatic hydroxyl groups excluding tert-OH is 1. The molecule has 0 saturated carbocycles. The molecule has 1 aromatic rings. The molecule has 16 heavy (non-hydrogen) atoms. The van der Waals surface area contributed by atoms with Gasteiger partial charge in [-0.05, 0) is 30.5 Å². The molecule has 0 aliphatic carbocycles. The maximum Gasteiger partial charge on any atom is 0.0692 e. The summed E-state index contributed by atoms with van der Waals surface area (Å²) in [5.41, 5.74) is 0.932. The van der Waals surface area contributed by atoms with Crippen molar-refractivity contribution in [1.29, 1.82) is 0 Å². The van der Waals surface area contributed by atoms with E-state index in [1.807, 2.05) is 17.8 Å². The summed E-state index contributed by atoms with van der Waals surface area (Å²) in [5.74, 6) is 1.02. The predicted molar refractivity (Wildman–Crippen MR) is 69.8 cm³/mol. The Morgan fingerprint density at radius 1 is 1.50 bits per heavy atom. The third-order valence-electron chi connectivity index (χ3n) is 2.65. The van der Waals surface area contributed by atoms with E-state index in [0.29, 0.717) is 6.10 Å². The molecule has 1 fully saturated rings. The van der Waals surface area contributed by atoms with Gasteiger partial charge in [0, 0.05) is 21.7 Å². The van der Waals surface area contributed by atoms with Gasteiger partial charge in [0.05, 0.1) is 12.7 Å². The Hall–Kier alpha value is -0.0300. The molecular weight excluding hydrogens is 288 g/mol. The Bertz CT molecular complexity index is 351. The summed E-state index contributed by atoms with van der Waals surface area (Å²) in [7, 11) is 0. The van der Waals surface area contributed by atoms with E-state index < -0.39 is 0 Å². The minimum absolute atomic E-state index is 0.0806. The van der Waals surface area contributed by atoms with Crippen LogP contribution in [-0.4, -0.2) is 23.6 Å². The van der Waals surface area contributed by atoms with Crippen LogP contribution < -0.4 is 0 Å². The zero-order valence-corrected chi connectivity index (χ0v) is 11.4. The van der Waals surface area contributed by atoms with E-state index in [0.717, 1.165) is 22.4 Å². The van der Waals surface area contributed by atoms with Gasteiger partial charge in [-0.1, -0.05) is 22.0 Å². The minimum atomic E-state index is 0.0806. The van der Waals surface area contributed by atoms with Crippen LogP contribution in [-0.2, 0) is 11.3 Å². The number of aliphatic hydroxyl groups is 1. The van der Waals surface area contributed by atoms with Crippen molar-refractivity contribution < 1.29 is 9.84 Å². The average molecular weight is 303 g/mol. The first kappa shape index (κ1) is 12.4. The molecule has 1 saturated heterocycles. The van der Waals surface area contributed by atoms with Gasteiger partial charge in [-0.3, -0.25) is 0 Å². The Morgan fingerprint density at radius 3 is 3.00 bits per heavy atom. The molecule has 0 amide bonds. The topological polar surface area (TPSA) is 29.5 Å². The second kappa shape index (κ2) is 6.05. The van der Waals surface area contributed by atoms with Crippen molar-refractivity contribution in [3.05, 3.63) is 28.2 Å². The van der Waals surface area contributed by atoms with Gasteiger partial charge < -0.3 is 9.84 Å². The highest BCUT2D eigenvalue weighted by atomic mass is 79.9. The summed E-state index contributed by atoms with van der Waals surface area (Å²) in [6, 6.07) is 6.07. The van der Waals surface area contributed by atoms with E-state index in [4.69, 9.17) is 9.84 Å². The SMILES string of the molecule is OCc1ccc(SCC2CCCO2)cc1Br. The largest absolute Gasteiger partial charge is 0.392 e. The number of hydrogen-bond acceptors (Lipinski definition) is 3. The highest BCUT2D eigenvalue weighted by molar-refractivity contribution is 9.10. The zero-order chi connectivity index (χ0) is 11.4. The van der Waals surface area contributed by atoms with Crippen LogP contribution in [0.2, 0.25) is 0 Å². The van der Waals surface area contributed by atoms with Gasteiger partial charge in [-0.25, -0.2) is 0 Å². The van der Waals surface area contributed by atoms with Gasteiger partial charge in [0.2, 0.25) is 0 Å². The molecule has 1 N–H and O–H groups in total. The Labute approximate surface area is 109 Å². The fourth-order valence-corrected chi connectivity index (χ4v) is 3.37. The van der Waals surface area contributed by atoms with E-state index in [9.17, 15) is 0 Å². The molecule has 88 valence electrons. The van der Waals surface area contributed by atoms with Gasteiger partial charge in [-0.15, -0.1) is 11.8 Å². The Morgan fingerprint density at radius 2 is 2.38 bits per heavy atom. The molecule has 0 spiro atoms. The third kappa shape index (κ3) is 3.23. The van der Waals surface area contributed by atoms with Crippen LogP contribution >= 0.6 is 27.7 Å². The van der Waals surface area contributed by atoms with E-state index >= 15 is 0 Å². The van der Waals surface area contributed by atoms with Crippen molar-refractivity contribution in [3.63, 3.8) is 0 Å². The molecule has 1 heterocycles. The smallest absolute Gasteiger partial charge is 0.0692 e. The monoisotopic (exact) mass is 302 g/mol. The number of thioether (sulfide) groups is 1. The molecule has 4 heteroatoms. The first-order valence-electron chi connectivity index (χ1n) is 5.43. The maximum atomic E-state index is 9.06. The molecule has 1 aliphatic heterocycles. The highest BCUT2D eigenvalue weighted by Crippen LogP contribution is 2.27. The average Bonchev–Trinajstić information content (AvgIpc) is 2.79. The molecule has 0 bridgehead atoms. The molecular formula is C12H15BrO2S. The number of hydrogen-bond donors (Lipinski definition) is 1. The van der Waals surface area contributed by atoms with Gasteiger partial charge in [0.15, 0.2) is 0 Å². The van der Waals surface area contributed by atoms with Crippen molar-refractivity contribution >= 4 is 27.7 Å². The molecule has 1 aliphatic rings. The molecule has 2 rings (SSSR count). The molecule has 0 aromatic heterocycles. The number of ether oxygens (including phenoxy) is 1. The molecule has 0 radical (unpaired) electrons. The first-order valence-corrected chi connectivity index (χ1v) is 7.21. The Kier molecular flexibility index (Phi) is 4.70. The summed E-state index contributed by atoms with van der Waals surface area (Å²) in [6.45, 7) is 0.996. The van der Waals surface area contributed by atoms with E-state index in [1.54, 1.807) is 0 Å². The summed E-state index contributed by atoms with van der Waals surface area (Å²) in [4.78, 5) is 1.22. The normalized spacial score (nSPS) is 20.2. The summed E-state index contributed by atoms with van der Waals surface area (Å²) in [6.07, 6.45) is 2.79. The lowest BCUT2D eigenvalue weighted by molar-refractivity contribution is 0.129. The summed E-state index contributed by atoms with van der Waals surface area (Å²) < 4.78 is 6.56.